The van der Waals surface area contributed by atoms with E-state index in [4.69, 9.17) is 0 Å². The molecule has 0 bridgehead atoms. The number of thioether (sulfide) groups is 1. The summed E-state index contributed by atoms with van der Waals surface area (Å²) in [5, 5.41) is 3.16. The van der Waals surface area contributed by atoms with E-state index in [1.807, 2.05) is 6.07 Å². The van der Waals surface area contributed by atoms with Crippen LogP contribution in [0.2, 0.25) is 0 Å². The minimum Gasteiger partial charge on any atom is -0.384 e. The third-order valence-corrected chi connectivity index (χ3v) is 3.12. The molecule has 0 aliphatic rings. The number of benzene rings is 1. The molecule has 96 valence electrons. The number of halogens is 3. The quantitative estimate of drug-likeness (QED) is 0.790. The summed E-state index contributed by atoms with van der Waals surface area (Å²) in [5.74, 6) is -0.399. The lowest BCUT2D eigenvalue weighted by Gasteiger charge is -2.13. The van der Waals surface area contributed by atoms with Crippen molar-refractivity contribution >= 4 is 17.4 Å². The predicted octanol–water partition coefficient (Wildman–Crippen LogP) is 4.41. The van der Waals surface area contributed by atoms with Crippen LogP contribution in [0, 0.1) is 5.92 Å². The number of hydrogen-bond acceptors (Lipinski definition) is 2. The van der Waals surface area contributed by atoms with Crippen LogP contribution in [0.1, 0.15) is 13.8 Å². The molecule has 0 spiro atoms. The van der Waals surface area contributed by atoms with Gasteiger partial charge in [-0.25, -0.2) is 0 Å². The molecule has 0 aliphatic heterocycles. The van der Waals surface area contributed by atoms with E-state index in [0.29, 0.717) is 10.8 Å². The van der Waals surface area contributed by atoms with Crippen LogP contribution >= 0.6 is 11.8 Å². The van der Waals surface area contributed by atoms with Crippen LogP contribution in [0.25, 0.3) is 0 Å². The Bertz CT molecular complexity index is 350. The van der Waals surface area contributed by atoms with Crippen LogP contribution in [-0.4, -0.2) is 18.5 Å². The Kier molecular flexibility index (Phi) is 5.18. The van der Waals surface area contributed by atoms with E-state index < -0.39 is 11.9 Å². The lowest BCUT2D eigenvalue weighted by Crippen LogP contribution is -2.12. The van der Waals surface area contributed by atoms with E-state index in [9.17, 15) is 13.2 Å². The van der Waals surface area contributed by atoms with Gasteiger partial charge in [0.05, 0.1) is 5.75 Å². The Morgan fingerprint density at radius 3 is 2.47 bits per heavy atom. The second kappa shape index (κ2) is 6.19. The normalized spacial score (nSPS) is 11.9. The predicted molar refractivity (Wildman–Crippen MR) is 66.5 cm³/mol. The van der Waals surface area contributed by atoms with E-state index in [2.05, 4.69) is 19.2 Å². The van der Waals surface area contributed by atoms with Crippen molar-refractivity contribution in [2.75, 3.05) is 17.6 Å². The molecule has 0 fully saturated rings. The molecule has 1 N–H and O–H groups in total. The number of anilines is 1. The maximum atomic E-state index is 12.1. The lowest BCUT2D eigenvalue weighted by molar-refractivity contribution is -0.105. The van der Waals surface area contributed by atoms with Gasteiger partial charge in [-0.05, 0) is 18.1 Å². The standard InChI is InChI=1S/C12H16F3NS/c1-9(2)7-16-10-5-3-4-6-11(10)17-8-12(13,14)15/h3-6,9,16H,7-8H2,1-2H3. The van der Waals surface area contributed by atoms with E-state index >= 15 is 0 Å². The van der Waals surface area contributed by atoms with Gasteiger partial charge < -0.3 is 5.32 Å². The van der Waals surface area contributed by atoms with Crippen molar-refractivity contribution in [1.29, 1.82) is 0 Å². The Labute approximate surface area is 104 Å². The van der Waals surface area contributed by atoms with Gasteiger partial charge in [-0.2, -0.15) is 13.2 Å². The molecule has 0 heterocycles. The van der Waals surface area contributed by atoms with E-state index in [0.717, 1.165) is 24.0 Å². The van der Waals surface area contributed by atoms with Crippen LogP contribution in [0.3, 0.4) is 0 Å². The molecular weight excluding hydrogens is 247 g/mol. The van der Waals surface area contributed by atoms with Gasteiger partial charge >= 0.3 is 6.18 Å². The molecule has 0 radical (unpaired) electrons. The Morgan fingerprint density at radius 2 is 1.88 bits per heavy atom. The summed E-state index contributed by atoms with van der Waals surface area (Å²) < 4.78 is 36.4. The molecule has 0 amide bonds. The summed E-state index contributed by atoms with van der Waals surface area (Å²) in [4.78, 5) is 0.644. The van der Waals surface area contributed by atoms with Crippen molar-refractivity contribution in [3.63, 3.8) is 0 Å². The first-order valence-corrected chi connectivity index (χ1v) is 6.39. The minimum atomic E-state index is -4.13. The lowest BCUT2D eigenvalue weighted by atomic mass is 10.2. The molecule has 1 nitrogen and oxygen atoms in total. The smallest absolute Gasteiger partial charge is 0.384 e. The highest BCUT2D eigenvalue weighted by Gasteiger charge is 2.27. The molecule has 0 unspecified atom stereocenters. The number of alkyl halides is 3. The van der Waals surface area contributed by atoms with Crippen molar-refractivity contribution in [2.45, 2.75) is 24.9 Å². The molecule has 1 aromatic rings. The summed E-state index contributed by atoms with van der Waals surface area (Å²) in [5.41, 5.74) is 0.774. The second-order valence-corrected chi connectivity index (χ2v) is 5.19. The number of para-hydroxylation sites is 1. The highest BCUT2D eigenvalue weighted by Crippen LogP contribution is 2.32. The summed E-state index contributed by atoms with van der Waals surface area (Å²) in [6.45, 7) is 4.86. The van der Waals surface area contributed by atoms with E-state index in [-0.39, 0.29) is 0 Å². The summed E-state index contributed by atoms with van der Waals surface area (Å²) in [7, 11) is 0. The molecular formula is C12H16F3NS. The minimum absolute atomic E-state index is 0.454. The number of nitrogens with one attached hydrogen (secondary N) is 1. The average molecular weight is 263 g/mol. The van der Waals surface area contributed by atoms with Gasteiger partial charge in [0.25, 0.3) is 0 Å². The van der Waals surface area contributed by atoms with Crippen molar-refractivity contribution < 1.29 is 13.2 Å². The van der Waals surface area contributed by atoms with Gasteiger partial charge in [0.1, 0.15) is 0 Å². The maximum Gasteiger partial charge on any atom is 0.398 e. The van der Waals surface area contributed by atoms with Crippen LogP contribution < -0.4 is 5.32 Å². The maximum absolute atomic E-state index is 12.1. The van der Waals surface area contributed by atoms with Crippen molar-refractivity contribution in [2.24, 2.45) is 5.92 Å². The zero-order chi connectivity index (χ0) is 12.9. The molecule has 1 rings (SSSR count). The third-order valence-electron chi connectivity index (χ3n) is 1.98. The third kappa shape index (κ3) is 5.86. The first kappa shape index (κ1) is 14.2. The fourth-order valence-electron chi connectivity index (χ4n) is 1.21. The summed E-state index contributed by atoms with van der Waals surface area (Å²) >= 11 is 0.818. The van der Waals surface area contributed by atoms with Gasteiger partial charge in [-0.3, -0.25) is 0 Å². The van der Waals surface area contributed by atoms with Gasteiger partial charge in [0.15, 0.2) is 0 Å². The average Bonchev–Trinajstić information content (AvgIpc) is 2.23. The molecule has 5 heteroatoms. The molecule has 0 aliphatic carbocycles. The summed E-state index contributed by atoms with van der Waals surface area (Å²) in [6, 6.07) is 7.08. The molecule has 0 atom stereocenters. The molecule has 0 saturated heterocycles. The Balaban J connectivity index is 2.64. The fraction of sp³-hybridized carbons (Fsp3) is 0.500. The summed E-state index contributed by atoms with van der Waals surface area (Å²) in [6.07, 6.45) is -4.13. The first-order valence-electron chi connectivity index (χ1n) is 5.41. The Morgan fingerprint density at radius 1 is 1.24 bits per heavy atom. The number of hydrogen-bond donors (Lipinski definition) is 1. The van der Waals surface area contributed by atoms with E-state index in [1.165, 1.54) is 0 Å². The molecule has 0 aromatic heterocycles. The monoisotopic (exact) mass is 263 g/mol. The SMILES string of the molecule is CC(C)CNc1ccccc1SCC(F)(F)F. The fourth-order valence-corrected chi connectivity index (χ4v) is 2.00. The van der Waals surface area contributed by atoms with Crippen LogP contribution in [-0.2, 0) is 0 Å². The van der Waals surface area contributed by atoms with Crippen LogP contribution in [0.4, 0.5) is 18.9 Å². The van der Waals surface area contributed by atoms with Crippen molar-refractivity contribution in [3.8, 4) is 0 Å². The molecule has 0 saturated carbocycles. The second-order valence-electron chi connectivity index (χ2n) is 4.17. The number of rotatable bonds is 5. The van der Waals surface area contributed by atoms with Gasteiger partial charge in [0, 0.05) is 17.1 Å². The van der Waals surface area contributed by atoms with Gasteiger partial charge in [-0.1, -0.05) is 26.0 Å². The Hall–Kier alpha value is -0.840. The highest BCUT2D eigenvalue weighted by atomic mass is 32.2. The van der Waals surface area contributed by atoms with Gasteiger partial charge in [-0.15, -0.1) is 11.8 Å². The van der Waals surface area contributed by atoms with E-state index in [1.54, 1.807) is 18.2 Å². The first-order chi connectivity index (χ1) is 7.88. The molecule has 17 heavy (non-hydrogen) atoms. The van der Waals surface area contributed by atoms with Crippen LogP contribution in [0.15, 0.2) is 29.2 Å². The van der Waals surface area contributed by atoms with Crippen molar-refractivity contribution in [3.05, 3.63) is 24.3 Å². The largest absolute Gasteiger partial charge is 0.398 e. The topological polar surface area (TPSA) is 12.0 Å². The van der Waals surface area contributed by atoms with Gasteiger partial charge in [0.2, 0.25) is 0 Å². The molecule has 1 aromatic carbocycles. The zero-order valence-electron chi connectivity index (χ0n) is 9.84. The highest BCUT2D eigenvalue weighted by molar-refractivity contribution is 7.99. The van der Waals surface area contributed by atoms with Crippen molar-refractivity contribution in [1.82, 2.24) is 0 Å². The van der Waals surface area contributed by atoms with Crippen LogP contribution in [0.5, 0.6) is 0 Å². The zero-order valence-corrected chi connectivity index (χ0v) is 10.7.